The molecule has 0 atom stereocenters. The molecule has 44 valence electrons. The van der Waals surface area contributed by atoms with Crippen molar-refractivity contribution >= 4 is 23.3 Å². The van der Waals surface area contributed by atoms with E-state index >= 15 is 0 Å². The lowest BCUT2D eigenvalue weighted by Crippen LogP contribution is -1.80. The van der Waals surface area contributed by atoms with Crippen LogP contribution in [-0.4, -0.2) is 18.1 Å². The van der Waals surface area contributed by atoms with E-state index in [2.05, 4.69) is 17.2 Å². The van der Waals surface area contributed by atoms with E-state index in [4.69, 9.17) is 0 Å². The molecule has 0 aliphatic carbocycles. The third-order valence-corrected chi connectivity index (χ3v) is 0.926. The van der Waals surface area contributed by atoms with Gasteiger partial charge in [0.15, 0.2) is 0 Å². The standard InChI is InChI=1S/C6H9NS/c1-6(7-2)4-3-5-8/h3-5H,1-2H3/b4-3-,7-6?. The van der Waals surface area contributed by atoms with E-state index in [1.54, 1.807) is 18.5 Å². The summed E-state index contributed by atoms with van der Waals surface area (Å²) in [4.78, 5) is 3.89. The number of rotatable bonds is 2. The van der Waals surface area contributed by atoms with Crippen molar-refractivity contribution in [2.75, 3.05) is 7.05 Å². The Kier molecular flexibility index (Phi) is 4.36. The van der Waals surface area contributed by atoms with Gasteiger partial charge in [-0.2, -0.15) is 0 Å². The Labute approximate surface area is 55.1 Å². The highest BCUT2D eigenvalue weighted by molar-refractivity contribution is 7.79. The molecule has 0 unspecified atom stereocenters. The van der Waals surface area contributed by atoms with Crippen LogP contribution in [0, 0.1) is 0 Å². The molecule has 0 N–H and O–H groups in total. The summed E-state index contributed by atoms with van der Waals surface area (Å²) >= 11 is 4.55. The normalized spacial score (nSPS) is 12.5. The van der Waals surface area contributed by atoms with Crippen molar-refractivity contribution in [1.29, 1.82) is 0 Å². The van der Waals surface area contributed by atoms with Gasteiger partial charge in [-0.3, -0.25) is 4.99 Å². The molecular formula is C6H9NS. The summed E-state index contributed by atoms with van der Waals surface area (Å²) in [6, 6.07) is 0. The number of hydrogen-bond donors (Lipinski definition) is 0. The van der Waals surface area contributed by atoms with Gasteiger partial charge in [0.1, 0.15) is 0 Å². The summed E-state index contributed by atoms with van der Waals surface area (Å²) in [5.74, 6) is 0. The van der Waals surface area contributed by atoms with Crippen LogP contribution in [0.1, 0.15) is 6.92 Å². The van der Waals surface area contributed by atoms with Gasteiger partial charge in [0.25, 0.3) is 0 Å². The highest BCUT2D eigenvalue weighted by atomic mass is 32.1. The molecule has 0 aromatic carbocycles. The average Bonchev–Trinajstić information content (AvgIpc) is 1.83. The Morgan fingerprint density at radius 2 is 2.25 bits per heavy atom. The Morgan fingerprint density at radius 3 is 2.62 bits per heavy atom. The number of nitrogens with zero attached hydrogens (tertiary/aromatic N) is 1. The van der Waals surface area contributed by atoms with Crippen LogP contribution in [0.25, 0.3) is 0 Å². The van der Waals surface area contributed by atoms with Crippen LogP contribution in [0.3, 0.4) is 0 Å². The van der Waals surface area contributed by atoms with Gasteiger partial charge in [-0.15, -0.1) is 0 Å². The zero-order valence-corrected chi connectivity index (χ0v) is 5.90. The molecule has 0 saturated heterocycles. The lowest BCUT2D eigenvalue weighted by molar-refractivity contribution is 1.43. The first kappa shape index (κ1) is 7.50. The molecule has 0 aliphatic rings. The van der Waals surface area contributed by atoms with Crippen LogP contribution in [-0.2, 0) is 0 Å². The maximum Gasteiger partial charge on any atom is 0.0314 e. The lowest BCUT2D eigenvalue weighted by atomic mass is 10.4. The van der Waals surface area contributed by atoms with Gasteiger partial charge < -0.3 is 0 Å². The quantitative estimate of drug-likeness (QED) is 0.312. The zero-order chi connectivity index (χ0) is 6.41. The topological polar surface area (TPSA) is 12.4 Å². The maximum absolute atomic E-state index is 4.55. The molecule has 0 rings (SSSR count). The van der Waals surface area contributed by atoms with E-state index in [0.29, 0.717) is 0 Å². The van der Waals surface area contributed by atoms with E-state index in [1.807, 2.05) is 13.0 Å². The molecule has 1 nitrogen and oxygen atoms in total. The fourth-order valence-corrected chi connectivity index (χ4v) is 0.332. The molecule has 2 heteroatoms. The second-order valence-corrected chi connectivity index (χ2v) is 1.63. The minimum absolute atomic E-state index is 0.992. The van der Waals surface area contributed by atoms with Gasteiger partial charge in [-0.1, -0.05) is 12.2 Å². The van der Waals surface area contributed by atoms with Crippen LogP contribution >= 0.6 is 12.2 Å². The third kappa shape index (κ3) is 3.68. The SMILES string of the molecule is CN=C(C)/C=C\C=S. The fourth-order valence-electron chi connectivity index (χ4n) is 0.253. The highest BCUT2D eigenvalue weighted by Gasteiger charge is 1.73. The van der Waals surface area contributed by atoms with Crippen LogP contribution in [0.2, 0.25) is 0 Å². The van der Waals surface area contributed by atoms with Crippen molar-refractivity contribution in [3.8, 4) is 0 Å². The molecule has 0 aromatic heterocycles. The molecule has 0 aromatic rings. The van der Waals surface area contributed by atoms with E-state index in [9.17, 15) is 0 Å². The maximum atomic E-state index is 4.55. The second kappa shape index (κ2) is 4.65. The number of allylic oxidation sites excluding steroid dienone is 2. The molecule has 8 heavy (non-hydrogen) atoms. The van der Waals surface area contributed by atoms with Gasteiger partial charge in [0, 0.05) is 18.1 Å². The van der Waals surface area contributed by atoms with E-state index < -0.39 is 0 Å². The monoisotopic (exact) mass is 127 g/mol. The van der Waals surface area contributed by atoms with Crippen molar-refractivity contribution in [1.82, 2.24) is 0 Å². The molecule has 0 heterocycles. The molecule has 0 saturated carbocycles. The average molecular weight is 127 g/mol. The Hall–Kier alpha value is -0.500. The lowest BCUT2D eigenvalue weighted by Gasteiger charge is -1.81. The van der Waals surface area contributed by atoms with E-state index in [0.717, 1.165) is 5.71 Å². The molecule has 0 amide bonds. The summed E-state index contributed by atoms with van der Waals surface area (Å²) in [5, 5.41) is 1.56. The molecule has 0 radical (unpaired) electrons. The van der Waals surface area contributed by atoms with Crippen molar-refractivity contribution in [3.63, 3.8) is 0 Å². The zero-order valence-electron chi connectivity index (χ0n) is 5.09. The van der Waals surface area contributed by atoms with Crippen molar-refractivity contribution in [2.24, 2.45) is 4.99 Å². The predicted octanol–water partition coefficient (Wildman–Crippen LogP) is 1.63. The molecule has 0 fully saturated rings. The summed E-state index contributed by atoms with van der Waals surface area (Å²) in [6.45, 7) is 1.93. The fraction of sp³-hybridized carbons (Fsp3) is 0.333. The first-order chi connectivity index (χ1) is 3.81. The van der Waals surface area contributed by atoms with Gasteiger partial charge in [-0.25, -0.2) is 0 Å². The van der Waals surface area contributed by atoms with Crippen LogP contribution in [0.5, 0.6) is 0 Å². The summed E-state index contributed by atoms with van der Waals surface area (Å²) in [6.07, 6.45) is 3.66. The van der Waals surface area contributed by atoms with Crippen LogP contribution in [0.15, 0.2) is 17.1 Å². The van der Waals surface area contributed by atoms with E-state index in [1.165, 1.54) is 0 Å². The summed E-state index contributed by atoms with van der Waals surface area (Å²) in [7, 11) is 1.75. The largest absolute Gasteiger partial charge is 0.293 e. The minimum atomic E-state index is 0.992. The molecule has 0 bridgehead atoms. The number of thiocarbonyl (C=S) groups is 1. The van der Waals surface area contributed by atoms with Gasteiger partial charge >= 0.3 is 0 Å². The highest BCUT2D eigenvalue weighted by Crippen LogP contribution is 1.75. The Bertz CT molecular complexity index is 124. The summed E-state index contributed by atoms with van der Waals surface area (Å²) < 4.78 is 0. The summed E-state index contributed by atoms with van der Waals surface area (Å²) in [5.41, 5.74) is 0.992. The van der Waals surface area contributed by atoms with Gasteiger partial charge in [-0.05, 0) is 19.1 Å². The second-order valence-electron chi connectivity index (χ2n) is 1.36. The van der Waals surface area contributed by atoms with Crippen molar-refractivity contribution in [3.05, 3.63) is 12.2 Å². The smallest absolute Gasteiger partial charge is 0.0314 e. The van der Waals surface area contributed by atoms with Gasteiger partial charge in [0.05, 0.1) is 0 Å². The Morgan fingerprint density at radius 1 is 1.62 bits per heavy atom. The van der Waals surface area contributed by atoms with Crippen LogP contribution in [0.4, 0.5) is 0 Å². The third-order valence-electron chi connectivity index (χ3n) is 0.769. The minimum Gasteiger partial charge on any atom is -0.293 e. The van der Waals surface area contributed by atoms with E-state index in [-0.39, 0.29) is 0 Å². The first-order valence-corrected chi connectivity index (χ1v) is 2.83. The number of hydrogen-bond acceptors (Lipinski definition) is 2. The van der Waals surface area contributed by atoms with Gasteiger partial charge in [0.2, 0.25) is 0 Å². The van der Waals surface area contributed by atoms with Crippen molar-refractivity contribution in [2.45, 2.75) is 6.92 Å². The first-order valence-electron chi connectivity index (χ1n) is 2.36. The molecular weight excluding hydrogens is 118 g/mol. The van der Waals surface area contributed by atoms with Crippen molar-refractivity contribution < 1.29 is 0 Å². The Balaban J connectivity index is 3.69. The molecule has 0 aliphatic heterocycles. The number of aliphatic imine (C=N–C) groups is 1. The van der Waals surface area contributed by atoms with Crippen LogP contribution < -0.4 is 0 Å². The molecule has 0 spiro atoms. The predicted molar refractivity (Wildman–Crippen MR) is 41.8 cm³/mol.